The molecule has 1 aliphatic carbocycles. The van der Waals surface area contributed by atoms with Crippen molar-refractivity contribution in [3.05, 3.63) is 53.6 Å². The van der Waals surface area contributed by atoms with Crippen molar-refractivity contribution in [3.8, 4) is 0 Å². The van der Waals surface area contributed by atoms with Gasteiger partial charge in [0.15, 0.2) is 0 Å². The Hall–Kier alpha value is -1.30. The smallest absolute Gasteiger partial charge is 0.00883 e. The summed E-state index contributed by atoms with van der Waals surface area (Å²) >= 11 is 0. The maximum absolute atomic E-state index is 2.20. The molecular formula is C12H12. The molecule has 0 spiro atoms. The van der Waals surface area contributed by atoms with Crippen molar-refractivity contribution >= 4 is 5.57 Å². The minimum Gasteiger partial charge on any atom is -0.0801 e. The van der Waals surface area contributed by atoms with Crippen LogP contribution in [0.4, 0.5) is 0 Å². The zero-order chi connectivity index (χ0) is 8.39. The fourth-order valence-corrected chi connectivity index (χ4v) is 1.58. The van der Waals surface area contributed by atoms with Crippen LogP contribution in [0.25, 0.3) is 5.57 Å². The number of allylic oxidation sites excluding steroid dienone is 4. The van der Waals surface area contributed by atoms with Crippen LogP contribution in [0.15, 0.2) is 42.5 Å². The van der Waals surface area contributed by atoms with Gasteiger partial charge in [0.2, 0.25) is 0 Å². The summed E-state index contributed by atoms with van der Waals surface area (Å²) in [5, 5.41) is 0. The van der Waals surface area contributed by atoms with E-state index in [2.05, 4.69) is 49.4 Å². The Morgan fingerprint density at radius 3 is 2.92 bits per heavy atom. The van der Waals surface area contributed by atoms with Crippen molar-refractivity contribution in [2.24, 2.45) is 0 Å². The van der Waals surface area contributed by atoms with E-state index in [4.69, 9.17) is 0 Å². The third kappa shape index (κ3) is 1.20. The molecule has 1 aliphatic rings. The van der Waals surface area contributed by atoms with E-state index < -0.39 is 0 Å². The van der Waals surface area contributed by atoms with Gasteiger partial charge in [0.1, 0.15) is 0 Å². The molecule has 0 saturated heterocycles. The normalized spacial score (nSPS) is 14.9. The van der Waals surface area contributed by atoms with E-state index in [-0.39, 0.29) is 0 Å². The number of hydrogen-bond acceptors (Lipinski definition) is 0. The van der Waals surface area contributed by atoms with Gasteiger partial charge in [-0.25, -0.2) is 0 Å². The van der Waals surface area contributed by atoms with Gasteiger partial charge in [-0.1, -0.05) is 42.5 Å². The molecule has 60 valence electrons. The quantitative estimate of drug-likeness (QED) is 0.541. The van der Waals surface area contributed by atoms with E-state index in [9.17, 15) is 0 Å². The van der Waals surface area contributed by atoms with Gasteiger partial charge in [-0.2, -0.15) is 0 Å². The molecule has 1 aromatic rings. The van der Waals surface area contributed by atoms with E-state index in [1.165, 1.54) is 16.7 Å². The number of rotatable bonds is 0. The average molecular weight is 156 g/mol. The van der Waals surface area contributed by atoms with Crippen LogP contribution in [0.1, 0.15) is 18.1 Å². The van der Waals surface area contributed by atoms with E-state index >= 15 is 0 Å². The Balaban J connectivity index is 2.58. The monoisotopic (exact) mass is 156 g/mol. The van der Waals surface area contributed by atoms with Gasteiger partial charge >= 0.3 is 0 Å². The standard InChI is InChI=1S/C12H12/c1-10-6-2-3-7-11-8-4-5-9-12(10)11/h2-6,8-9H,7H2,1H3. The summed E-state index contributed by atoms with van der Waals surface area (Å²) in [6.45, 7) is 2.16. The molecule has 0 bridgehead atoms. The molecule has 0 heterocycles. The summed E-state index contributed by atoms with van der Waals surface area (Å²) < 4.78 is 0. The molecule has 2 rings (SSSR count). The molecule has 12 heavy (non-hydrogen) atoms. The first kappa shape index (κ1) is 7.35. The number of benzene rings is 1. The van der Waals surface area contributed by atoms with Crippen molar-refractivity contribution in [2.45, 2.75) is 13.3 Å². The van der Waals surface area contributed by atoms with Crippen molar-refractivity contribution in [1.29, 1.82) is 0 Å². The van der Waals surface area contributed by atoms with E-state index in [1.807, 2.05) is 0 Å². The van der Waals surface area contributed by atoms with E-state index in [0.29, 0.717) is 0 Å². The summed E-state index contributed by atoms with van der Waals surface area (Å²) in [5.41, 5.74) is 4.18. The van der Waals surface area contributed by atoms with Gasteiger partial charge in [0, 0.05) is 0 Å². The highest BCUT2D eigenvalue weighted by atomic mass is 14.1. The maximum Gasteiger partial charge on any atom is -0.00883 e. The lowest BCUT2D eigenvalue weighted by Crippen LogP contribution is -1.87. The lowest BCUT2D eigenvalue weighted by molar-refractivity contribution is 1.26. The molecule has 0 radical (unpaired) electrons. The van der Waals surface area contributed by atoms with E-state index in [1.54, 1.807) is 0 Å². The van der Waals surface area contributed by atoms with Gasteiger partial charge in [-0.05, 0) is 30.0 Å². The van der Waals surface area contributed by atoms with Crippen LogP contribution in [-0.4, -0.2) is 0 Å². The molecule has 0 N–H and O–H groups in total. The van der Waals surface area contributed by atoms with Crippen LogP contribution in [0.2, 0.25) is 0 Å². The van der Waals surface area contributed by atoms with Gasteiger partial charge in [0.25, 0.3) is 0 Å². The fourth-order valence-electron chi connectivity index (χ4n) is 1.58. The van der Waals surface area contributed by atoms with Crippen LogP contribution in [0.3, 0.4) is 0 Å². The Morgan fingerprint density at radius 1 is 1.17 bits per heavy atom. The molecule has 1 aromatic carbocycles. The largest absolute Gasteiger partial charge is 0.0801 e. The first-order valence-electron chi connectivity index (χ1n) is 4.29. The Labute approximate surface area is 73.2 Å². The topological polar surface area (TPSA) is 0 Å². The highest BCUT2D eigenvalue weighted by molar-refractivity contribution is 5.69. The van der Waals surface area contributed by atoms with Crippen molar-refractivity contribution < 1.29 is 0 Å². The molecule has 0 aliphatic heterocycles. The minimum atomic E-state index is 1.06. The zero-order valence-electron chi connectivity index (χ0n) is 7.25. The molecule has 0 aromatic heterocycles. The SMILES string of the molecule is CC1=CC=CCc2ccccc21. The van der Waals surface area contributed by atoms with Crippen molar-refractivity contribution in [2.75, 3.05) is 0 Å². The summed E-state index contributed by atoms with van der Waals surface area (Å²) in [5.74, 6) is 0. The molecule has 0 amide bonds. The second-order valence-electron chi connectivity index (χ2n) is 3.14. The molecular weight excluding hydrogens is 144 g/mol. The number of fused-ring (bicyclic) bond motifs is 1. The summed E-state index contributed by atoms with van der Waals surface area (Å²) in [6.07, 6.45) is 7.57. The second kappa shape index (κ2) is 2.98. The van der Waals surface area contributed by atoms with Crippen LogP contribution >= 0.6 is 0 Å². The van der Waals surface area contributed by atoms with Gasteiger partial charge in [-0.15, -0.1) is 0 Å². The van der Waals surface area contributed by atoms with Gasteiger partial charge in [-0.3, -0.25) is 0 Å². The first-order chi connectivity index (χ1) is 5.88. The van der Waals surface area contributed by atoms with Crippen LogP contribution < -0.4 is 0 Å². The number of hydrogen-bond donors (Lipinski definition) is 0. The minimum absolute atomic E-state index is 1.06. The maximum atomic E-state index is 2.20. The second-order valence-corrected chi connectivity index (χ2v) is 3.14. The third-order valence-electron chi connectivity index (χ3n) is 2.26. The van der Waals surface area contributed by atoms with Crippen LogP contribution in [0.5, 0.6) is 0 Å². The van der Waals surface area contributed by atoms with E-state index in [0.717, 1.165) is 6.42 Å². The lowest BCUT2D eigenvalue weighted by Gasteiger charge is -2.04. The lowest BCUT2D eigenvalue weighted by atomic mass is 10.0. The fraction of sp³-hybridized carbons (Fsp3) is 0.167. The summed E-state index contributed by atoms with van der Waals surface area (Å²) in [6, 6.07) is 8.59. The molecule has 0 atom stereocenters. The molecule has 0 heteroatoms. The van der Waals surface area contributed by atoms with Crippen LogP contribution in [-0.2, 0) is 6.42 Å². The summed E-state index contributed by atoms with van der Waals surface area (Å²) in [7, 11) is 0. The predicted octanol–water partition coefficient (Wildman–Crippen LogP) is 3.20. The Kier molecular flexibility index (Phi) is 1.83. The Bertz CT molecular complexity index is 343. The molecule has 0 fully saturated rings. The van der Waals surface area contributed by atoms with Crippen molar-refractivity contribution in [3.63, 3.8) is 0 Å². The molecule has 0 unspecified atom stereocenters. The third-order valence-corrected chi connectivity index (χ3v) is 2.26. The highest BCUT2D eigenvalue weighted by Gasteiger charge is 2.02. The predicted molar refractivity (Wildman–Crippen MR) is 52.9 cm³/mol. The van der Waals surface area contributed by atoms with Crippen molar-refractivity contribution in [1.82, 2.24) is 0 Å². The van der Waals surface area contributed by atoms with Gasteiger partial charge < -0.3 is 0 Å². The molecule has 0 saturated carbocycles. The molecule has 0 nitrogen and oxygen atoms in total. The summed E-state index contributed by atoms with van der Waals surface area (Å²) in [4.78, 5) is 0. The Morgan fingerprint density at radius 2 is 2.00 bits per heavy atom. The van der Waals surface area contributed by atoms with Gasteiger partial charge in [0.05, 0.1) is 0 Å². The zero-order valence-corrected chi connectivity index (χ0v) is 7.25. The first-order valence-corrected chi connectivity index (χ1v) is 4.29. The highest BCUT2D eigenvalue weighted by Crippen LogP contribution is 2.21. The van der Waals surface area contributed by atoms with Crippen LogP contribution in [0, 0.1) is 0 Å². The average Bonchev–Trinajstić information content (AvgIpc) is 2.29.